The average molecular weight is 226 g/mol. The van der Waals surface area contributed by atoms with Gasteiger partial charge in [-0.05, 0) is 12.8 Å². The molecular formula is C10H14N2O4. The maximum atomic E-state index is 10.5. The second kappa shape index (κ2) is 4.21. The second-order valence-corrected chi connectivity index (χ2v) is 4.24. The maximum Gasteiger partial charge on any atom is 0.312 e. The minimum Gasteiger partial charge on any atom is -0.481 e. The van der Waals surface area contributed by atoms with Gasteiger partial charge in [0.2, 0.25) is 11.8 Å². The van der Waals surface area contributed by atoms with Gasteiger partial charge in [0.1, 0.15) is 6.42 Å². The van der Waals surface area contributed by atoms with Crippen LogP contribution in [-0.4, -0.2) is 34.5 Å². The van der Waals surface area contributed by atoms with Gasteiger partial charge in [-0.25, -0.2) is 0 Å². The Bertz CT molecular complexity index is 382. The average Bonchev–Trinajstić information content (AvgIpc) is 2.67. The first-order valence-electron chi connectivity index (χ1n) is 5.22. The van der Waals surface area contributed by atoms with E-state index in [9.17, 15) is 4.79 Å². The number of nitrogens with zero attached hydrogens (tertiary/aromatic N) is 2. The van der Waals surface area contributed by atoms with Crippen molar-refractivity contribution in [3.05, 3.63) is 11.8 Å². The molecule has 88 valence electrons. The van der Waals surface area contributed by atoms with Crippen LogP contribution in [0.25, 0.3) is 0 Å². The Labute approximate surface area is 92.6 Å². The minimum atomic E-state index is -0.965. The van der Waals surface area contributed by atoms with Crippen LogP contribution in [0.1, 0.15) is 31.5 Å². The highest BCUT2D eigenvalue weighted by molar-refractivity contribution is 5.68. The number of hydrogen-bond donors (Lipinski definition) is 1. The van der Waals surface area contributed by atoms with Gasteiger partial charge in [-0.15, -0.1) is 10.2 Å². The van der Waals surface area contributed by atoms with Gasteiger partial charge in [0.05, 0.1) is 5.41 Å². The molecule has 1 saturated heterocycles. The molecule has 1 N–H and O–H groups in total. The molecular weight excluding hydrogens is 212 g/mol. The molecule has 0 amide bonds. The lowest BCUT2D eigenvalue weighted by Gasteiger charge is -2.29. The van der Waals surface area contributed by atoms with Gasteiger partial charge in [-0.3, -0.25) is 4.79 Å². The molecule has 0 saturated carbocycles. The topological polar surface area (TPSA) is 85.5 Å². The lowest BCUT2D eigenvalue weighted by atomic mass is 9.82. The Kier molecular flexibility index (Phi) is 2.91. The summed E-state index contributed by atoms with van der Waals surface area (Å²) in [6, 6.07) is 0. The van der Waals surface area contributed by atoms with Crippen molar-refractivity contribution in [1.82, 2.24) is 10.2 Å². The van der Waals surface area contributed by atoms with Crippen LogP contribution < -0.4 is 0 Å². The fourth-order valence-electron chi connectivity index (χ4n) is 1.73. The SMILES string of the molecule is CC1(c2nnc(CC(=O)O)o2)CCOCC1. The van der Waals surface area contributed by atoms with Crippen LogP contribution >= 0.6 is 0 Å². The summed E-state index contributed by atoms with van der Waals surface area (Å²) in [5.41, 5.74) is -0.179. The lowest BCUT2D eigenvalue weighted by molar-refractivity contribution is -0.136. The van der Waals surface area contributed by atoms with E-state index in [0.717, 1.165) is 12.8 Å². The Hall–Kier alpha value is -1.43. The van der Waals surface area contributed by atoms with Gasteiger partial charge in [0.15, 0.2) is 0 Å². The van der Waals surface area contributed by atoms with Gasteiger partial charge < -0.3 is 14.3 Å². The number of carbonyl (C=O) groups is 1. The third kappa shape index (κ3) is 2.21. The molecule has 1 aromatic heterocycles. The third-order valence-electron chi connectivity index (χ3n) is 2.88. The summed E-state index contributed by atoms with van der Waals surface area (Å²) in [6.45, 7) is 3.38. The predicted molar refractivity (Wildman–Crippen MR) is 53.0 cm³/mol. The smallest absolute Gasteiger partial charge is 0.312 e. The summed E-state index contributed by atoms with van der Waals surface area (Å²) in [5.74, 6) is -0.283. The van der Waals surface area contributed by atoms with Crippen LogP contribution in [0.15, 0.2) is 4.42 Å². The number of rotatable bonds is 3. The van der Waals surface area contributed by atoms with E-state index in [2.05, 4.69) is 10.2 Å². The summed E-state index contributed by atoms with van der Waals surface area (Å²) < 4.78 is 10.7. The van der Waals surface area contributed by atoms with Crippen LogP contribution in [0.5, 0.6) is 0 Å². The van der Waals surface area contributed by atoms with E-state index in [-0.39, 0.29) is 17.7 Å². The van der Waals surface area contributed by atoms with Gasteiger partial charge in [0, 0.05) is 13.2 Å². The van der Waals surface area contributed by atoms with Crippen molar-refractivity contribution in [1.29, 1.82) is 0 Å². The van der Waals surface area contributed by atoms with Crippen molar-refractivity contribution in [3.63, 3.8) is 0 Å². The van der Waals surface area contributed by atoms with Crippen molar-refractivity contribution < 1.29 is 19.1 Å². The van der Waals surface area contributed by atoms with Crippen molar-refractivity contribution in [2.45, 2.75) is 31.6 Å². The summed E-state index contributed by atoms with van der Waals surface area (Å²) in [5, 5.41) is 16.3. The lowest BCUT2D eigenvalue weighted by Crippen LogP contribution is -2.30. The van der Waals surface area contributed by atoms with Crippen LogP contribution in [0.4, 0.5) is 0 Å². The maximum absolute atomic E-state index is 10.5. The summed E-state index contributed by atoms with van der Waals surface area (Å²) >= 11 is 0. The Balaban J connectivity index is 2.13. The van der Waals surface area contributed by atoms with E-state index in [1.54, 1.807) is 0 Å². The first-order chi connectivity index (χ1) is 7.60. The predicted octanol–water partition coefficient (Wildman–Crippen LogP) is 0.765. The summed E-state index contributed by atoms with van der Waals surface area (Å²) in [4.78, 5) is 10.5. The number of aromatic nitrogens is 2. The molecule has 0 atom stereocenters. The molecule has 2 heterocycles. The van der Waals surface area contributed by atoms with Crippen LogP contribution in [0.2, 0.25) is 0 Å². The fourth-order valence-corrected chi connectivity index (χ4v) is 1.73. The third-order valence-corrected chi connectivity index (χ3v) is 2.88. The zero-order chi connectivity index (χ0) is 11.6. The number of hydrogen-bond acceptors (Lipinski definition) is 5. The zero-order valence-electron chi connectivity index (χ0n) is 9.10. The standard InChI is InChI=1S/C10H14N2O4/c1-10(2-4-15-5-3-10)9-12-11-7(16-9)6-8(13)14/h2-6H2,1H3,(H,13,14). The molecule has 1 aliphatic heterocycles. The number of carboxylic acid groups (broad SMARTS) is 1. The van der Waals surface area contributed by atoms with Gasteiger partial charge in [0.25, 0.3) is 0 Å². The molecule has 2 rings (SSSR count). The Morgan fingerprint density at radius 3 is 2.75 bits per heavy atom. The Morgan fingerprint density at radius 2 is 2.12 bits per heavy atom. The van der Waals surface area contributed by atoms with E-state index in [1.165, 1.54) is 0 Å². The van der Waals surface area contributed by atoms with Crippen LogP contribution in [-0.2, 0) is 21.4 Å². The van der Waals surface area contributed by atoms with Gasteiger partial charge >= 0.3 is 5.97 Å². The molecule has 1 aliphatic rings. The molecule has 6 heteroatoms. The van der Waals surface area contributed by atoms with Crippen LogP contribution in [0, 0.1) is 0 Å². The number of ether oxygens (including phenoxy) is 1. The molecule has 1 fully saturated rings. The fraction of sp³-hybridized carbons (Fsp3) is 0.700. The summed E-state index contributed by atoms with van der Waals surface area (Å²) in [6.07, 6.45) is 1.42. The molecule has 0 radical (unpaired) electrons. The highest BCUT2D eigenvalue weighted by Gasteiger charge is 2.34. The van der Waals surface area contributed by atoms with Crippen molar-refractivity contribution >= 4 is 5.97 Å². The highest BCUT2D eigenvalue weighted by Crippen LogP contribution is 2.33. The Morgan fingerprint density at radius 1 is 1.44 bits per heavy atom. The van der Waals surface area contributed by atoms with Crippen molar-refractivity contribution in [2.24, 2.45) is 0 Å². The van der Waals surface area contributed by atoms with E-state index >= 15 is 0 Å². The van der Waals surface area contributed by atoms with E-state index in [0.29, 0.717) is 19.1 Å². The molecule has 0 bridgehead atoms. The van der Waals surface area contributed by atoms with E-state index in [4.69, 9.17) is 14.3 Å². The van der Waals surface area contributed by atoms with E-state index in [1.807, 2.05) is 6.92 Å². The monoisotopic (exact) mass is 226 g/mol. The molecule has 0 spiro atoms. The zero-order valence-corrected chi connectivity index (χ0v) is 9.10. The van der Waals surface area contributed by atoms with Gasteiger partial charge in [-0.2, -0.15) is 0 Å². The largest absolute Gasteiger partial charge is 0.481 e. The van der Waals surface area contributed by atoms with Crippen LogP contribution in [0.3, 0.4) is 0 Å². The number of aliphatic carboxylic acids is 1. The quantitative estimate of drug-likeness (QED) is 0.819. The summed E-state index contributed by atoms with van der Waals surface area (Å²) in [7, 11) is 0. The van der Waals surface area contributed by atoms with Crippen molar-refractivity contribution in [3.8, 4) is 0 Å². The van der Waals surface area contributed by atoms with E-state index < -0.39 is 5.97 Å². The first kappa shape index (κ1) is 11.1. The molecule has 16 heavy (non-hydrogen) atoms. The van der Waals surface area contributed by atoms with Gasteiger partial charge in [-0.1, -0.05) is 6.92 Å². The molecule has 0 aliphatic carbocycles. The van der Waals surface area contributed by atoms with Crippen molar-refractivity contribution in [2.75, 3.05) is 13.2 Å². The molecule has 6 nitrogen and oxygen atoms in total. The second-order valence-electron chi connectivity index (χ2n) is 4.24. The highest BCUT2D eigenvalue weighted by atomic mass is 16.5. The normalized spacial score (nSPS) is 19.6. The minimum absolute atomic E-state index is 0.162. The molecule has 0 aromatic carbocycles. The first-order valence-corrected chi connectivity index (χ1v) is 5.22. The molecule has 0 unspecified atom stereocenters. The number of carboxylic acids is 1. The molecule has 1 aromatic rings.